The van der Waals surface area contributed by atoms with Crippen LogP contribution in [0.15, 0.2) is 12.3 Å². The molecule has 2 fully saturated rings. The van der Waals surface area contributed by atoms with Crippen molar-refractivity contribution in [2.24, 2.45) is 0 Å². The Morgan fingerprint density at radius 3 is 2.83 bits per heavy atom. The Morgan fingerprint density at radius 1 is 1.29 bits per heavy atom. The summed E-state index contributed by atoms with van der Waals surface area (Å²) >= 11 is 0. The van der Waals surface area contributed by atoms with Crippen molar-refractivity contribution in [2.75, 3.05) is 31.1 Å². The summed E-state index contributed by atoms with van der Waals surface area (Å²) in [6, 6.07) is 0.824. The zero-order valence-corrected chi connectivity index (χ0v) is 12.7. The SMILES string of the molecule is O=C1NCC(=O)N2CCN(c3nccc(CCC(F)(F)F)n3)C[C@H]12. The first-order chi connectivity index (χ1) is 11.3. The number of nitrogens with one attached hydrogen (secondary N) is 1. The molecule has 3 rings (SSSR count). The molecule has 1 aromatic rings. The lowest BCUT2D eigenvalue weighted by atomic mass is 10.1. The van der Waals surface area contributed by atoms with Crippen molar-refractivity contribution in [2.45, 2.75) is 25.1 Å². The number of aromatic nitrogens is 2. The summed E-state index contributed by atoms with van der Waals surface area (Å²) in [4.78, 5) is 35.2. The summed E-state index contributed by atoms with van der Waals surface area (Å²) < 4.78 is 37.0. The zero-order chi connectivity index (χ0) is 17.3. The summed E-state index contributed by atoms with van der Waals surface area (Å²) in [7, 11) is 0. The van der Waals surface area contributed by atoms with Crippen LogP contribution in [0.4, 0.5) is 19.1 Å². The van der Waals surface area contributed by atoms with Gasteiger partial charge >= 0.3 is 6.18 Å². The highest BCUT2D eigenvalue weighted by Gasteiger charge is 2.39. The highest BCUT2D eigenvalue weighted by Crippen LogP contribution is 2.22. The molecule has 24 heavy (non-hydrogen) atoms. The van der Waals surface area contributed by atoms with Crippen molar-refractivity contribution in [1.29, 1.82) is 0 Å². The van der Waals surface area contributed by atoms with Gasteiger partial charge in [0.25, 0.3) is 0 Å². The smallest absolute Gasteiger partial charge is 0.345 e. The topological polar surface area (TPSA) is 78.4 Å². The van der Waals surface area contributed by atoms with Gasteiger partial charge in [0, 0.05) is 31.4 Å². The molecule has 0 aliphatic carbocycles. The maximum absolute atomic E-state index is 12.3. The first kappa shape index (κ1) is 16.5. The van der Waals surface area contributed by atoms with E-state index in [0.717, 1.165) is 0 Å². The van der Waals surface area contributed by atoms with Crippen LogP contribution in [0.25, 0.3) is 0 Å². The fraction of sp³-hybridized carbons (Fsp3) is 0.571. The molecule has 0 aromatic carbocycles. The number of hydrogen-bond acceptors (Lipinski definition) is 5. The number of aryl methyl sites for hydroxylation is 1. The third-order valence-electron chi connectivity index (χ3n) is 4.07. The molecule has 0 unspecified atom stereocenters. The predicted molar refractivity (Wildman–Crippen MR) is 77.1 cm³/mol. The Balaban J connectivity index is 1.71. The fourth-order valence-corrected chi connectivity index (χ4v) is 2.82. The van der Waals surface area contributed by atoms with Crippen LogP contribution in [0.5, 0.6) is 0 Å². The lowest BCUT2D eigenvalue weighted by Gasteiger charge is -2.42. The lowest BCUT2D eigenvalue weighted by Crippen LogP contribution is -2.66. The third-order valence-corrected chi connectivity index (χ3v) is 4.07. The molecular formula is C14H16F3N5O2. The average molecular weight is 343 g/mol. The van der Waals surface area contributed by atoms with E-state index in [-0.39, 0.29) is 37.3 Å². The highest BCUT2D eigenvalue weighted by molar-refractivity contribution is 5.95. The van der Waals surface area contributed by atoms with E-state index in [1.54, 1.807) is 4.90 Å². The summed E-state index contributed by atoms with van der Waals surface area (Å²) in [5.74, 6) is -0.105. The standard InChI is InChI=1S/C14H16F3N5O2/c15-14(16,17)3-1-9-2-4-18-13(20-9)21-5-6-22-10(8-21)12(24)19-7-11(22)23/h2,4,10H,1,3,5-8H2,(H,19,24)/t10-/m1/s1. The summed E-state index contributed by atoms with van der Waals surface area (Å²) in [6.07, 6.45) is -4.00. The normalized spacial score (nSPS) is 21.5. The van der Waals surface area contributed by atoms with Gasteiger partial charge in [-0.3, -0.25) is 9.59 Å². The number of halogens is 3. The number of carbonyl (C=O) groups is 2. The number of rotatable bonds is 3. The molecule has 0 spiro atoms. The van der Waals surface area contributed by atoms with E-state index in [1.165, 1.54) is 17.2 Å². The number of nitrogens with zero attached hydrogens (tertiary/aromatic N) is 4. The molecule has 0 bridgehead atoms. The Morgan fingerprint density at radius 2 is 2.08 bits per heavy atom. The molecule has 7 nitrogen and oxygen atoms in total. The van der Waals surface area contributed by atoms with Crippen LogP contribution in [0.2, 0.25) is 0 Å². The number of alkyl halides is 3. The van der Waals surface area contributed by atoms with Crippen molar-refractivity contribution in [3.8, 4) is 0 Å². The number of hydrogen-bond donors (Lipinski definition) is 1. The van der Waals surface area contributed by atoms with Crippen molar-refractivity contribution in [3.05, 3.63) is 18.0 Å². The van der Waals surface area contributed by atoms with Gasteiger partial charge < -0.3 is 15.1 Å². The van der Waals surface area contributed by atoms with E-state index in [9.17, 15) is 22.8 Å². The van der Waals surface area contributed by atoms with Gasteiger partial charge in [0.2, 0.25) is 17.8 Å². The second-order valence-corrected chi connectivity index (χ2v) is 5.73. The van der Waals surface area contributed by atoms with Crippen molar-refractivity contribution in [1.82, 2.24) is 20.2 Å². The third kappa shape index (κ3) is 3.57. The molecule has 2 saturated heterocycles. The number of fused-ring (bicyclic) bond motifs is 1. The fourth-order valence-electron chi connectivity index (χ4n) is 2.82. The maximum atomic E-state index is 12.3. The van der Waals surface area contributed by atoms with Crippen LogP contribution >= 0.6 is 0 Å². The highest BCUT2D eigenvalue weighted by atomic mass is 19.4. The first-order valence-electron chi connectivity index (χ1n) is 7.54. The Kier molecular flexibility index (Phi) is 4.29. The van der Waals surface area contributed by atoms with Crippen molar-refractivity contribution in [3.63, 3.8) is 0 Å². The van der Waals surface area contributed by atoms with E-state index < -0.39 is 18.6 Å². The Labute approximate surface area is 135 Å². The molecule has 2 amide bonds. The first-order valence-corrected chi connectivity index (χ1v) is 7.54. The van der Waals surface area contributed by atoms with Crippen molar-refractivity contribution < 1.29 is 22.8 Å². The van der Waals surface area contributed by atoms with Crippen LogP contribution in [0.3, 0.4) is 0 Å². The molecule has 10 heteroatoms. The summed E-state index contributed by atoms with van der Waals surface area (Å²) in [6.45, 7) is 1.00. The zero-order valence-electron chi connectivity index (χ0n) is 12.7. The van der Waals surface area contributed by atoms with Gasteiger partial charge in [0.05, 0.1) is 13.1 Å². The molecule has 0 saturated carbocycles. The monoisotopic (exact) mass is 343 g/mol. The minimum absolute atomic E-state index is 0.00123. The molecule has 1 N–H and O–H groups in total. The summed E-state index contributed by atoms with van der Waals surface area (Å²) in [5, 5.41) is 2.53. The molecule has 1 atom stereocenters. The maximum Gasteiger partial charge on any atom is 0.389 e. The Hall–Kier alpha value is -2.39. The van der Waals surface area contributed by atoms with Gasteiger partial charge in [0.1, 0.15) is 6.04 Å². The van der Waals surface area contributed by atoms with Gasteiger partial charge in [0.15, 0.2) is 0 Å². The minimum Gasteiger partial charge on any atom is -0.345 e. The van der Waals surface area contributed by atoms with Gasteiger partial charge in [-0.05, 0) is 12.5 Å². The largest absolute Gasteiger partial charge is 0.389 e. The molecule has 2 aliphatic rings. The van der Waals surface area contributed by atoms with Crippen LogP contribution in [0, 0.1) is 0 Å². The number of amides is 2. The second kappa shape index (κ2) is 6.25. The quantitative estimate of drug-likeness (QED) is 0.843. The molecule has 3 heterocycles. The van der Waals surface area contributed by atoms with Gasteiger partial charge in [-0.25, -0.2) is 9.97 Å². The lowest BCUT2D eigenvalue weighted by molar-refractivity contribution is -0.146. The number of piperazine rings is 2. The van der Waals surface area contributed by atoms with Gasteiger partial charge in [-0.15, -0.1) is 0 Å². The average Bonchev–Trinajstić information content (AvgIpc) is 2.56. The van der Waals surface area contributed by atoms with E-state index in [1.807, 2.05) is 0 Å². The number of anilines is 1. The van der Waals surface area contributed by atoms with Crippen LogP contribution in [-0.4, -0.2) is 65.1 Å². The van der Waals surface area contributed by atoms with E-state index in [2.05, 4.69) is 15.3 Å². The summed E-state index contributed by atoms with van der Waals surface area (Å²) in [5.41, 5.74) is 0.295. The van der Waals surface area contributed by atoms with Gasteiger partial charge in [-0.1, -0.05) is 0 Å². The Bertz CT molecular complexity index is 652. The van der Waals surface area contributed by atoms with E-state index in [0.29, 0.717) is 18.8 Å². The van der Waals surface area contributed by atoms with E-state index >= 15 is 0 Å². The minimum atomic E-state index is -4.24. The molecular weight excluding hydrogens is 327 g/mol. The number of carbonyl (C=O) groups excluding carboxylic acids is 2. The van der Waals surface area contributed by atoms with E-state index in [4.69, 9.17) is 0 Å². The molecule has 130 valence electrons. The van der Waals surface area contributed by atoms with Crippen LogP contribution in [0.1, 0.15) is 12.1 Å². The van der Waals surface area contributed by atoms with Crippen LogP contribution < -0.4 is 10.2 Å². The van der Waals surface area contributed by atoms with Gasteiger partial charge in [-0.2, -0.15) is 13.2 Å². The molecule has 0 radical (unpaired) electrons. The predicted octanol–water partition coefficient (Wildman–Crippen LogP) is 0.118. The van der Waals surface area contributed by atoms with Crippen molar-refractivity contribution >= 4 is 17.8 Å². The molecule has 1 aromatic heterocycles. The second-order valence-electron chi connectivity index (χ2n) is 5.73. The van der Waals surface area contributed by atoms with Crippen LogP contribution in [-0.2, 0) is 16.0 Å². The molecule has 2 aliphatic heterocycles.